The maximum Gasteiger partial charge on any atom is 0.234 e. The molecule has 4 rings (SSSR count). The van der Waals surface area contributed by atoms with Gasteiger partial charge in [-0.3, -0.25) is 19.5 Å². The quantitative estimate of drug-likeness (QED) is 0.443. The first-order valence-corrected chi connectivity index (χ1v) is 14.0. The maximum absolute atomic E-state index is 14.2. The molecular weight excluding hydrogens is 467 g/mol. The number of hydrogen-bond acceptors (Lipinski definition) is 5. The summed E-state index contributed by atoms with van der Waals surface area (Å²) in [7, 11) is 0. The van der Waals surface area contributed by atoms with Gasteiger partial charge in [-0.25, -0.2) is 9.37 Å². The zero-order valence-electron chi connectivity index (χ0n) is 22.8. The van der Waals surface area contributed by atoms with E-state index in [9.17, 15) is 9.18 Å². The summed E-state index contributed by atoms with van der Waals surface area (Å²) in [5.41, 5.74) is 0.503. The Bertz CT molecular complexity index is 1000. The van der Waals surface area contributed by atoms with Crippen molar-refractivity contribution in [1.29, 1.82) is 0 Å². The van der Waals surface area contributed by atoms with Crippen LogP contribution in [0.25, 0.3) is 0 Å². The molecule has 3 heterocycles. The Hall–Kier alpha value is -2.35. The van der Waals surface area contributed by atoms with Gasteiger partial charge in [0.25, 0.3) is 0 Å². The lowest BCUT2D eigenvalue weighted by atomic mass is 9.67. The molecule has 0 N–H and O–H groups in total. The van der Waals surface area contributed by atoms with E-state index in [1.54, 1.807) is 18.3 Å². The van der Waals surface area contributed by atoms with Crippen LogP contribution >= 0.6 is 0 Å². The van der Waals surface area contributed by atoms with E-state index in [2.05, 4.69) is 28.6 Å². The van der Waals surface area contributed by atoms with Crippen molar-refractivity contribution in [3.63, 3.8) is 0 Å². The summed E-state index contributed by atoms with van der Waals surface area (Å²) >= 11 is 0. The number of anilines is 1. The molecule has 0 unspecified atom stereocenters. The number of ether oxygens (including phenoxy) is 1. The molecule has 2 fully saturated rings. The Labute approximate surface area is 221 Å². The van der Waals surface area contributed by atoms with Crippen molar-refractivity contribution >= 4 is 11.7 Å². The lowest BCUT2D eigenvalue weighted by molar-refractivity contribution is -0.135. The Morgan fingerprint density at radius 1 is 1.05 bits per heavy atom. The van der Waals surface area contributed by atoms with Crippen LogP contribution in [0.3, 0.4) is 0 Å². The van der Waals surface area contributed by atoms with Crippen LogP contribution in [-0.4, -0.2) is 72.2 Å². The number of hydrogen-bond donors (Lipinski definition) is 0. The van der Waals surface area contributed by atoms with E-state index >= 15 is 0 Å². The minimum atomic E-state index is -0.455. The van der Waals surface area contributed by atoms with Crippen molar-refractivity contribution in [3.05, 3.63) is 60.0 Å². The maximum atomic E-state index is 14.2. The van der Waals surface area contributed by atoms with E-state index in [1.807, 2.05) is 36.1 Å². The standard InChI is InChI=1S/C30H43FN4O2/c1-4-29(5-2,28(36)35(6-3)27-12-7-8-15-32-27)24-30(13-20-37-21-14-30)34-18-16-33(17-19-34)23-25-10-9-11-26(31)22-25/h7-12,15,22H,4-6,13-14,16-21,23-24H2,1-3H3. The van der Waals surface area contributed by atoms with Crippen LogP contribution in [0.1, 0.15) is 58.4 Å². The molecule has 1 amide bonds. The minimum absolute atomic E-state index is 0.0611. The molecule has 0 spiro atoms. The van der Waals surface area contributed by atoms with E-state index in [4.69, 9.17) is 4.74 Å². The Balaban J connectivity index is 1.52. The Kier molecular flexibility index (Phi) is 9.32. The van der Waals surface area contributed by atoms with Crippen molar-refractivity contribution in [3.8, 4) is 0 Å². The van der Waals surface area contributed by atoms with Gasteiger partial charge in [0.15, 0.2) is 0 Å². The monoisotopic (exact) mass is 510 g/mol. The topological polar surface area (TPSA) is 48.9 Å². The number of carbonyl (C=O) groups is 1. The molecule has 0 atom stereocenters. The molecule has 7 heteroatoms. The summed E-state index contributed by atoms with van der Waals surface area (Å²) in [5, 5.41) is 0. The summed E-state index contributed by atoms with van der Waals surface area (Å²) in [6.45, 7) is 13.0. The van der Waals surface area contributed by atoms with E-state index in [0.717, 1.165) is 89.4 Å². The predicted molar refractivity (Wildman–Crippen MR) is 146 cm³/mol. The summed E-state index contributed by atoms with van der Waals surface area (Å²) < 4.78 is 19.5. The second-order valence-corrected chi connectivity index (χ2v) is 10.6. The van der Waals surface area contributed by atoms with Crippen LogP contribution in [0.5, 0.6) is 0 Å². The SMILES string of the molecule is CCN(C(=O)C(CC)(CC)CC1(N2CCN(Cc3cccc(F)c3)CC2)CCOCC1)c1ccccn1. The fraction of sp³-hybridized carbons (Fsp3) is 0.600. The van der Waals surface area contributed by atoms with E-state index in [1.165, 1.54) is 6.07 Å². The van der Waals surface area contributed by atoms with Crippen LogP contribution in [0.2, 0.25) is 0 Å². The predicted octanol–water partition coefficient (Wildman–Crippen LogP) is 5.14. The highest BCUT2D eigenvalue weighted by molar-refractivity contribution is 5.96. The highest BCUT2D eigenvalue weighted by Crippen LogP contribution is 2.45. The van der Waals surface area contributed by atoms with Crippen LogP contribution in [0, 0.1) is 11.2 Å². The summed E-state index contributed by atoms with van der Waals surface area (Å²) in [4.78, 5) is 25.7. The van der Waals surface area contributed by atoms with Crippen LogP contribution < -0.4 is 4.90 Å². The van der Waals surface area contributed by atoms with Crippen molar-refractivity contribution in [2.75, 3.05) is 50.8 Å². The molecule has 0 radical (unpaired) electrons. The van der Waals surface area contributed by atoms with Crippen molar-refractivity contribution in [2.24, 2.45) is 5.41 Å². The number of amides is 1. The third kappa shape index (κ3) is 6.21. The number of rotatable bonds is 10. The first-order chi connectivity index (χ1) is 17.9. The second kappa shape index (κ2) is 12.5. The molecule has 2 aromatic rings. The smallest absolute Gasteiger partial charge is 0.234 e. The number of halogens is 1. The van der Waals surface area contributed by atoms with E-state index in [-0.39, 0.29) is 17.3 Å². The summed E-state index contributed by atoms with van der Waals surface area (Å²) in [6.07, 6.45) is 6.08. The molecule has 1 aromatic heterocycles. The molecule has 2 aliphatic rings. The number of piperazine rings is 1. The highest BCUT2D eigenvalue weighted by atomic mass is 19.1. The average Bonchev–Trinajstić information content (AvgIpc) is 2.94. The molecular formula is C30H43FN4O2. The number of benzene rings is 1. The van der Waals surface area contributed by atoms with Gasteiger partial charge in [0.05, 0.1) is 5.41 Å². The normalized spacial score (nSPS) is 19.0. The molecule has 0 bridgehead atoms. The van der Waals surface area contributed by atoms with Gasteiger partial charge >= 0.3 is 0 Å². The molecule has 0 aliphatic carbocycles. The third-order valence-corrected chi connectivity index (χ3v) is 8.72. The van der Waals surface area contributed by atoms with E-state index in [0.29, 0.717) is 6.54 Å². The zero-order chi connectivity index (χ0) is 26.3. The summed E-state index contributed by atoms with van der Waals surface area (Å²) in [6, 6.07) is 12.7. The van der Waals surface area contributed by atoms with Crippen LogP contribution in [-0.2, 0) is 16.1 Å². The van der Waals surface area contributed by atoms with Gasteiger partial charge in [0.2, 0.25) is 5.91 Å². The highest BCUT2D eigenvalue weighted by Gasteiger charge is 2.49. The number of aromatic nitrogens is 1. The first kappa shape index (κ1) is 27.7. The zero-order valence-corrected chi connectivity index (χ0v) is 22.8. The first-order valence-electron chi connectivity index (χ1n) is 14.0. The van der Waals surface area contributed by atoms with Crippen LogP contribution in [0.15, 0.2) is 48.7 Å². The number of pyridine rings is 1. The van der Waals surface area contributed by atoms with Crippen LogP contribution in [0.4, 0.5) is 10.2 Å². The van der Waals surface area contributed by atoms with Crippen molar-refractivity contribution in [1.82, 2.24) is 14.8 Å². The molecule has 6 nitrogen and oxygen atoms in total. The molecule has 0 saturated carbocycles. The van der Waals surface area contributed by atoms with Gasteiger partial charge in [0.1, 0.15) is 11.6 Å². The summed E-state index contributed by atoms with van der Waals surface area (Å²) in [5.74, 6) is 0.742. The van der Waals surface area contributed by atoms with Gasteiger partial charge in [-0.2, -0.15) is 0 Å². The van der Waals surface area contributed by atoms with Gasteiger partial charge in [-0.1, -0.05) is 32.0 Å². The lowest BCUT2D eigenvalue weighted by Crippen LogP contribution is -2.61. The largest absolute Gasteiger partial charge is 0.381 e. The molecule has 2 saturated heterocycles. The van der Waals surface area contributed by atoms with Crippen molar-refractivity contribution < 1.29 is 13.9 Å². The second-order valence-electron chi connectivity index (χ2n) is 10.6. The van der Waals surface area contributed by atoms with E-state index < -0.39 is 5.41 Å². The third-order valence-electron chi connectivity index (χ3n) is 8.72. The minimum Gasteiger partial charge on any atom is -0.381 e. The molecule has 1 aromatic carbocycles. The van der Waals surface area contributed by atoms with Gasteiger partial charge in [-0.15, -0.1) is 0 Å². The Morgan fingerprint density at radius 3 is 2.38 bits per heavy atom. The molecule has 37 heavy (non-hydrogen) atoms. The van der Waals surface area contributed by atoms with Crippen molar-refractivity contribution in [2.45, 2.75) is 65.0 Å². The Morgan fingerprint density at radius 2 is 1.78 bits per heavy atom. The number of nitrogens with zero attached hydrogens (tertiary/aromatic N) is 4. The molecule has 2 aliphatic heterocycles. The lowest BCUT2D eigenvalue weighted by Gasteiger charge is -2.53. The molecule has 202 valence electrons. The fourth-order valence-corrected chi connectivity index (χ4v) is 6.35. The average molecular weight is 511 g/mol. The number of carbonyl (C=O) groups excluding carboxylic acids is 1. The van der Waals surface area contributed by atoms with Gasteiger partial charge in [-0.05, 0) is 68.9 Å². The fourth-order valence-electron chi connectivity index (χ4n) is 6.35. The van der Waals surface area contributed by atoms with Gasteiger partial charge in [0, 0.05) is 64.2 Å². The van der Waals surface area contributed by atoms with Gasteiger partial charge < -0.3 is 4.74 Å².